The Balaban J connectivity index is 1.31. The van der Waals surface area contributed by atoms with E-state index in [1.54, 1.807) is 7.11 Å². The third kappa shape index (κ3) is 2.57. The summed E-state index contributed by atoms with van der Waals surface area (Å²) in [6.45, 7) is 3.32. The van der Waals surface area contributed by atoms with Crippen molar-refractivity contribution in [3.8, 4) is 5.69 Å². The van der Waals surface area contributed by atoms with Gasteiger partial charge in [0.2, 0.25) is 0 Å². The van der Waals surface area contributed by atoms with Gasteiger partial charge in [-0.05, 0) is 49.7 Å². The number of aromatic nitrogens is 2. The Labute approximate surface area is 159 Å². The second-order valence-corrected chi connectivity index (χ2v) is 8.13. The van der Waals surface area contributed by atoms with Gasteiger partial charge in [0, 0.05) is 19.3 Å². The molecule has 5 atom stereocenters. The fraction of sp³-hybridized carbons (Fsp3) is 0.524. The van der Waals surface area contributed by atoms with Gasteiger partial charge in [0.25, 0.3) is 0 Å². The van der Waals surface area contributed by atoms with Gasteiger partial charge in [-0.3, -0.25) is 4.57 Å². The molecular weight excluding hydrogens is 340 g/mol. The van der Waals surface area contributed by atoms with E-state index in [0.29, 0.717) is 24.3 Å². The topological polar surface area (TPSA) is 59.4 Å². The Kier molecular flexibility index (Phi) is 3.97. The molecule has 2 saturated carbocycles. The molecule has 1 saturated heterocycles. The van der Waals surface area contributed by atoms with Crippen molar-refractivity contribution in [1.82, 2.24) is 19.8 Å². The van der Waals surface area contributed by atoms with E-state index < -0.39 is 0 Å². The number of nitrogens with zero attached hydrogens (tertiary/aromatic N) is 3. The number of rotatable bonds is 4. The van der Waals surface area contributed by atoms with Gasteiger partial charge in [-0.25, -0.2) is 9.78 Å². The van der Waals surface area contributed by atoms with E-state index in [4.69, 9.17) is 4.74 Å². The molecule has 2 heterocycles. The van der Waals surface area contributed by atoms with Gasteiger partial charge in [0.15, 0.2) is 0 Å². The fourth-order valence-corrected chi connectivity index (χ4v) is 5.77. The van der Waals surface area contributed by atoms with Crippen LogP contribution < -0.4 is 5.32 Å². The van der Waals surface area contributed by atoms with Crippen LogP contribution >= 0.6 is 0 Å². The van der Waals surface area contributed by atoms with Crippen LogP contribution in [-0.4, -0.2) is 46.3 Å². The molecule has 0 spiro atoms. The normalized spacial score (nSPS) is 30.9. The predicted octanol–water partition coefficient (Wildman–Crippen LogP) is 2.75. The van der Waals surface area contributed by atoms with Gasteiger partial charge < -0.3 is 15.0 Å². The molecule has 142 valence electrons. The summed E-state index contributed by atoms with van der Waals surface area (Å²) in [5, 5.41) is 3.13. The first-order chi connectivity index (χ1) is 13.2. The van der Waals surface area contributed by atoms with Gasteiger partial charge in [0.1, 0.15) is 5.82 Å². The number of para-hydroxylation sites is 1. The summed E-state index contributed by atoms with van der Waals surface area (Å²) in [4.78, 5) is 19.4. The Morgan fingerprint density at radius 3 is 2.85 bits per heavy atom. The number of aryl methyl sites for hydroxylation is 1. The van der Waals surface area contributed by atoms with E-state index in [1.807, 2.05) is 36.2 Å². The van der Waals surface area contributed by atoms with Crippen LogP contribution in [0.5, 0.6) is 0 Å². The van der Waals surface area contributed by atoms with E-state index in [-0.39, 0.29) is 18.2 Å². The Hall–Kier alpha value is -2.34. The summed E-state index contributed by atoms with van der Waals surface area (Å²) < 4.78 is 7.86. The number of likely N-dealkylation sites (tertiary alicyclic amines) is 1. The molecule has 1 aromatic heterocycles. The van der Waals surface area contributed by atoms with Gasteiger partial charge in [-0.1, -0.05) is 18.2 Å². The molecule has 1 aromatic carbocycles. The molecule has 2 aliphatic carbocycles. The summed E-state index contributed by atoms with van der Waals surface area (Å²) >= 11 is 0. The van der Waals surface area contributed by atoms with Gasteiger partial charge in [0.05, 0.1) is 30.6 Å². The molecular formula is C21H26N4O2. The Morgan fingerprint density at radius 1 is 1.26 bits per heavy atom. The summed E-state index contributed by atoms with van der Waals surface area (Å²) in [6, 6.07) is 10.4. The molecule has 2 aromatic rings. The molecule has 6 heteroatoms. The second-order valence-electron chi connectivity index (χ2n) is 8.13. The highest BCUT2D eigenvalue weighted by atomic mass is 16.5. The number of amides is 2. The molecule has 1 N–H and O–H groups in total. The van der Waals surface area contributed by atoms with E-state index >= 15 is 0 Å². The number of urea groups is 1. The maximum Gasteiger partial charge on any atom is 0.318 e. The predicted molar refractivity (Wildman–Crippen MR) is 102 cm³/mol. The zero-order chi connectivity index (χ0) is 18.5. The largest absolute Gasteiger partial charge is 0.379 e. The van der Waals surface area contributed by atoms with E-state index in [0.717, 1.165) is 23.8 Å². The lowest BCUT2D eigenvalue weighted by Gasteiger charge is -2.31. The van der Waals surface area contributed by atoms with Crippen molar-refractivity contribution in [2.45, 2.75) is 38.5 Å². The van der Waals surface area contributed by atoms with Crippen LogP contribution in [0.15, 0.2) is 36.5 Å². The average molecular weight is 366 g/mol. The number of hydrogen-bond donors (Lipinski definition) is 1. The second kappa shape index (κ2) is 6.37. The monoisotopic (exact) mass is 366 g/mol. The van der Waals surface area contributed by atoms with E-state index in [2.05, 4.69) is 27.0 Å². The Bertz CT molecular complexity index is 847. The summed E-state index contributed by atoms with van der Waals surface area (Å²) in [5.74, 6) is 2.84. The molecule has 3 fully saturated rings. The summed E-state index contributed by atoms with van der Waals surface area (Å²) in [7, 11) is 1.79. The zero-order valence-electron chi connectivity index (χ0n) is 15.8. The minimum absolute atomic E-state index is 0.0237. The van der Waals surface area contributed by atoms with E-state index in [1.165, 1.54) is 12.8 Å². The molecule has 2 bridgehead atoms. The molecule has 27 heavy (non-hydrogen) atoms. The third-order valence-electron chi connectivity index (χ3n) is 6.80. The number of fused-ring (bicyclic) bond motifs is 1. The lowest BCUT2D eigenvalue weighted by molar-refractivity contribution is 0.0189. The summed E-state index contributed by atoms with van der Waals surface area (Å²) in [6.07, 6.45) is 4.48. The first-order valence-electron chi connectivity index (χ1n) is 9.83. The van der Waals surface area contributed by atoms with Crippen LogP contribution in [0.1, 0.15) is 24.4 Å². The molecule has 5 rings (SSSR count). The number of methoxy groups -OCH3 is 1. The van der Waals surface area contributed by atoms with Crippen LogP contribution in [0.3, 0.4) is 0 Å². The van der Waals surface area contributed by atoms with Crippen LogP contribution in [0.25, 0.3) is 5.69 Å². The van der Waals surface area contributed by atoms with E-state index in [9.17, 15) is 4.79 Å². The van der Waals surface area contributed by atoms with Crippen molar-refractivity contribution in [3.05, 3.63) is 48.0 Å². The molecule has 6 nitrogen and oxygen atoms in total. The lowest BCUT2D eigenvalue weighted by Crippen LogP contribution is -2.48. The molecule has 5 unspecified atom stereocenters. The third-order valence-corrected chi connectivity index (χ3v) is 6.80. The maximum absolute atomic E-state index is 13.0. The Morgan fingerprint density at radius 2 is 2.07 bits per heavy atom. The number of benzene rings is 1. The number of carbonyl (C=O) groups excluding carboxylic acids is 1. The van der Waals surface area contributed by atoms with Crippen molar-refractivity contribution in [1.29, 1.82) is 0 Å². The number of imidazole rings is 1. The standard InChI is InChI=1S/C21H26N4O2/c1-13-22-10-17(25(13)16-6-4-3-5-7-16)11-23-21(26)24-12-15-8-14-9-18(15)19(24)20(14)27-2/h3-7,10,14-15,18-20H,8-9,11-12H2,1-2H3,(H,23,26). The SMILES string of the molecule is COC1C2CC3CN(C(=O)NCc4cnc(C)n4-c4ccccc4)C1C3C2. The minimum atomic E-state index is 0.0237. The van der Waals surface area contributed by atoms with Gasteiger partial charge in [-0.2, -0.15) is 0 Å². The number of ether oxygens (including phenoxy) is 1. The fourth-order valence-electron chi connectivity index (χ4n) is 5.77. The average Bonchev–Trinajstić information content (AvgIpc) is 3.39. The van der Waals surface area contributed by atoms with Crippen LogP contribution in [0.2, 0.25) is 0 Å². The highest BCUT2D eigenvalue weighted by Crippen LogP contribution is 2.55. The number of nitrogens with one attached hydrogen (secondary N) is 1. The van der Waals surface area contributed by atoms with Crippen molar-refractivity contribution in [2.24, 2.45) is 17.8 Å². The van der Waals surface area contributed by atoms with Gasteiger partial charge >= 0.3 is 6.03 Å². The van der Waals surface area contributed by atoms with Crippen molar-refractivity contribution >= 4 is 6.03 Å². The van der Waals surface area contributed by atoms with Crippen LogP contribution in [-0.2, 0) is 11.3 Å². The number of carbonyl (C=O) groups is 1. The summed E-state index contributed by atoms with van der Waals surface area (Å²) in [5.41, 5.74) is 2.05. The highest BCUT2D eigenvalue weighted by Gasteiger charge is 2.60. The molecule has 2 amide bonds. The smallest absolute Gasteiger partial charge is 0.318 e. The quantitative estimate of drug-likeness (QED) is 0.905. The van der Waals surface area contributed by atoms with Crippen molar-refractivity contribution < 1.29 is 9.53 Å². The highest BCUT2D eigenvalue weighted by molar-refractivity contribution is 5.75. The molecule has 0 radical (unpaired) electrons. The minimum Gasteiger partial charge on any atom is -0.379 e. The zero-order valence-corrected chi connectivity index (χ0v) is 15.8. The maximum atomic E-state index is 13.0. The van der Waals surface area contributed by atoms with Gasteiger partial charge in [-0.15, -0.1) is 0 Å². The first-order valence-corrected chi connectivity index (χ1v) is 9.83. The molecule has 1 aliphatic heterocycles. The van der Waals surface area contributed by atoms with Crippen LogP contribution in [0.4, 0.5) is 4.79 Å². The van der Waals surface area contributed by atoms with Crippen molar-refractivity contribution in [2.75, 3.05) is 13.7 Å². The van der Waals surface area contributed by atoms with Crippen molar-refractivity contribution in [3.63, 3.8) is 0 Å². The van der Waals surface area contributed by atoms with Crippen LogP contribution in [0, 0.1) is 24.7 Å². The lowest BCUT2D eigenvalue weighted by atomic mass is 9.88. The number of hydrogen-bond acceptors (Lipinski definition) is 3. The molecule has 3 aliphatic rings. The first kappa shape index (κ1) is 16.8.